The number of halogens is 3. The number of hydrogen-bond donors (Lipinski definition) is 3. The van der Waals surface area contributed by atoms with Gasteiger partial charge in [0.25, 0.3) is 0 Å². The molecule has 1 aliphatic rings. The van der Waals surface area contributed by atoms with Crippen LogP contribution in [0.15, 0.2) is 60.7 Å². The molecule has 0 aromatic heterocycles. The lowest BCUT2D eigenvalue weighted by Gasteiger charge is -2.29. The monoisotopic (exact) mass is 634 g/mol. The molecule has 202 valence electrons. The first kappa shape index (κ1) is 28.4. The van der Waals surface area contributed by atoms with Crippen LogP contribution in [0.2, 0.25) is 0 Å². The van der Waals surface area contributed by atoms with Crippen LogP contribution in [0.1, 0.15) is 47.4 Å². The maximum atomic E-state index is 13.9. The van der Waals surface area contributed by atoms with E-state index in [9.17, 15) is 18.7 Å². The fraction of sp³-hybridized carbons (Fsp3) is 0.367. The zero-order valence-corrected chi connectivity index (χ0v) is 23.5. The summed E-state index contributed by atoms with van der Waals surface area (Å²) in [5.41, 5.74) is 3.71. The van der Waals surface area contributed by atoms with Crippen molar-refractivity contribution < 1.29 is 23.4 Å². The molecule has 3 N–H and O–H groups in total. The van der Waals surface area contributed by atoms with Gasteiger partial charge in [0.1, 0.15) is 17.4 Å². The Morgan fingerprint density at radius 3 is 2.61 bits per heavy atom. The van der Waals surface area contributed by atoms with Crippen molar-refractivity contribution in [1.29, 1.82) is 0 Å². The highest BCUT2D eigenvalue weighted by atomic mass is 127. The highest BCUT2D eigenvalue weighted by Gasteiger charge is 2.27. The summed E-state index contributed by atoms with van der Waals surface area (Å²) in [6.07, 6.45) is 2.15. The van der Waals surface area contributed by atoms with Gasteiger partial charge in [-0.3, -0.25) is 4.79 Å². The van der Waals surface area contributed by atoms with E-state index < -0.39 is 23.8 Å². The third-order valence-electron chi connectivity index (χ3n) is 7.00. The molecule has 0 spiro atoms. The van der Waals surface area contributed by atoms with Crippen molar-refractivity contribution >= 4 is 28.5 Å². The minimum absolute atomic E-state index is 0.0388. The number of methoxy groups -OCH3 is 1. The van der Waals surface area contributed by atoms with E-state index in [1.807, 2.05) is 42.5 Å². The molecule has 0 saturated heterocycles. The predicted octanol–water partition coefficient (Wildman–Crippen LogP) is 5.27. The molecule has 5 nitrogen and oxygen atoms in total. The van der Waals surface area contributed by atoms with Gasteiger partial charge in [0, 0.05) is 29.1 Å². The van der Waals surface area contributed by atoms with Crippen LogP contribution in [0.4, 0.5) is 8.78 Å². The first-order chi connectivity index (χ1) is 18.3. The molecule has 38 heavy (non-hydrogen) atoms. The number of amides is 1. The number of benzene rings is 3. The van der Waals surface area contributed by atoms with Crippen LogP contribution in [0.3, 0.4) is 0 Å². The van der Waals surface area contributed by atoms with Crippen LogP contribution < -0.4 is 15.4 Å². The van der Waals surface area contributed by atoms with Crippen LogP contribution in [0.5, 0.6) is 5.75 Å². The highest BCUT2D eigenvalue weighted by molar-refractivity contribution is 14.1. The minimum Gasteiger partial charge on any atom is -0.496 e. The number of ether oxygens (including phenoxy) is 1. The zero-order valence-electron chi connectivity index (χ0n) is 21.4. The fourth-order valence-corrected chi connectivity index (χ4v) is 5.83. The molecule has 3 aromatic rings. The van der Waals surface area contributed by atoms with Crippen LogP contribution in [-0.4, -0.2) is 36.8 Å². The van der Waals surface area contributed by atoms with Crippen molar-refractivity contribution in [2.45, 2.75) is 56.7 Å². The Hall–Kier alpha value is -2.56. The van der Waals surface area contributed by atoms with Crippen molar-refractivity contribution in [3.05, 3.63) is 98.1 Å². The van der Waals surface area contributed by atoms with Crippen molar-refractivity contribution in [3.8, 4) is 5.75 Å². The van der Waals surface area contributed by atoms with E-state index in [0.717, 1.165) is 51.3 Å². The average Bonchev–Trinajstić information content (AvgIpc) is 2.87. The number of hydrogen-bond acceptors (Lipinski definition) is 4. The summed E-state index contributed by atoms with van der Waals surface area (Å²) in [4.78, 5) is 13.2. The molecule has 0 fully saturated rings. The molecule has 0 aliphatic heterocycles. The number of carbonyl (C=O) groups is 1. The summed E-state index contributed by atoms with van der Waals surface area (Å²) in [7, 11) is 1.65. The summed E-state index contributed by atoms with van der Waals surface area (Å²) in [5, 5.41) is 17.2. The van der Waals surface area contributed by atoms with E-state index in [-0.39, 0.29) is 31.2 Å². The standard InChI is InChI=1S/C30H33F2IN2O3/c1-38-29-10-4-8-25-21(6-3-9-26(25)29)15-30(37)35-27(14-20-11-22(31)16-23(32)12-20)28(36)18-34-17-19-5-2-7-24(33)13-19/h2,4-5,7-8,10-13,16,21,27-28,34,36H,3,6,9,14-15,17-18H2,1H3,(H,35,37). The Balaban J connectivity index is 1.44. The summed E-state index contributed by atoms with van der Waals surface area (Å²) in [6.45, 7) is 0.752. The highest BCUT2D eigenvalue weighted by Crippen LogP contribution is 2.38. The Kier molecular flexibility index (Phi) is 10.1. The fourth-order valence-electron chi connectivity index (χ4n) is 5.23. The molecule has 3 atom stereocenters. The van der Waals surface area contributed by atoms with Gasteiger partial charge >= 0.3 is 0 Å². The molecule has 1 amide bonds. The van der Waals surface area contributed by atoms with Crippen molar-refractivity contribution in [2.24, 2.45) is 0 Å². The van der Waals surface area contributed by atoms with Gasteiger partial charge in [-0.25, -0.2) is 8.78 Å². The minimum atomic E-state index is -0.966. The lowest BCUT2D eigenvalue weighted by atomic mass is 9.80. The topological polar surface area (TPSA) is 70.6 Å². The van der Waals surface area contributed by atoms with Crippen LogP contribution in [0, 0.1) is 15.2 Å². The summed E-state index contributed by atoms with van der Waals surface area (Å²) in [5.74, 6) is -0.706. The lowest BCUT2D eigenvalue weighted by molar-refractivity contribution is -0.123. The van der Waals surface area contributed by atoms with Gasteiger partial charge in [-0.2, -0.15) is 0 Å². The summed E-state index contributed by atoms with van der Waals surface area (Å²) in [6, 6.07) is 16.5. The normalized spacial score (nSPS) is 16.4. The number of aliphatic hydroxyl groups is 1. The molecule has 0 saturated carbocycles. The predicted molar refractivity (Wildman–Crippen MR) is 152 cm³/mol. The molecule has 0 heterocycles. The van der Waals surface area contributed by atoms with Gasteiger partial charge in [0.05, 0.1) is 19.3 Å². The van der Waals surface area contributed by atoms with E-state index in [1.165, 1.54) is 12.1 Å². The van der Waals surface area contributed by atoms with E-state index in [4.69, 9.17) is 4.74 Å². The third-order valence-corrected chi connectivity index (χ3v) is 7.67. The Morgan fingerprint density at radius 1 is 1.11 bits per heavy atom. The first-order valence-electron chi connectivity index (χ1n) is 12.9. The van der Waals surface area contributed by atoms with E-state index in [1.54, 1.807) is 7.11 Å². The molecule has 0 radical (unpaired) electrons. The molecule has 8 heteroatoms. The van der Waals surface area contributed by atoms with Crippen LogP contribution in [-0.2, 0) is 24.2 Å². The lowest BCUT2D eigenvalue weighted by Crippen LogP contribution is -2.49. The molecule has 0 bridgehead atoms. The molecular weight excluding hydrogens is 601 g/mol. The van der Waals surface area contributed by atoms with Crippen molar-refractivity contribution in [1.82, 2.24) is 10.6 Å². The average molecular weight is 635 g/mol. The van der Waals surface area contributed by atoms with Gasteiger partial charge in [0.15, 0.2) is 0 Å². The Morgan fingerprint density at radius 2 is 1.87 bits per heavy atom. The Labute approximate surface area is 236 Å². The molecular formula is C30H33F2IN2O3. The van der Waals surface area contributed by atoms with Crippen molar-refractivity contribution in [3.63, 3.8) is 0 Å². The van der Waals surface area contributed by atoms with Gasteiger partial charge in [-0.1, -0.05) is 24.3 Å². The van der Waals surface area contributed by atoms with Gasteiger partial charge < -0.3 is 20.5 Å². The second-order valence-electron chi connectivity index (χ2n) is 9.81. The molecule has 4 rings (SSSR count). The van der Waals surface area contributed by atoms with Gasteiger partial charge in [-0.05, 0) is 107 Å². The summed E-state index contributed by atoms with van der Waals surface area (Å²) >= 11 is 2.25. The SMILES string of the molecule is COc1cccc2c1CCCC2CC(=O)NC(Cc1cc(F)cc(F)c1)C(O)CNCc1cccc(I)c1. The molecule has 3 aromatic carbocycles. The number of fused-ring (bicyclic) bond motifs is 1. The number of carbonyl (C=O) groups excluding carboxylic acids is 1. The van der Waals surface area contributed by atoms with E-state index in [2.05, 4.69) is 33.2 Å². The second-order valence-corrected chi connectivity index (χ2v) is 11.1. The number of nitrogens with one attached hydrogen (secondary N) is 2. The first-order valence-corrected chi connectivity index (χ1v) is 13.9. The zero-order chi connectivity index (χ0) is 27.1. The van der Waals surface area contributed by atoms with Crippen LogP contribution >= 0.6 is 22.6 Å². The second kappa shape index (κ2) is 13.5. The molecule has 3 unspecified atom stereocenters. The smallest absolute Gasteiger partial charge is 0.220 e. The maximum Gasteiger partial charge on any atom is 0.220 e. The quantitative estimate of drug-likeness (QED) is 0.252. The largest absolute Gasteiger partial charge is 0.496 e. The van der Waals surface area contributed by atoms with Gasteiger partial charge in [0.2, 0.25) is 5.91 Å². The third kappa shape index (κ3) is 7.74. The Bertz CT molecular complexity index is 1240. The number of aliphatic hydroxyl groups excluding tert-OH is 1. The number of rotatable bonds is 11. The molecule has 1 aliphatic carbocycles. The van der Waals surface area contributed by atoms with E-state index >= 15 is 0 Å². The summed E-state index contributed by atoms with van der Waals surface area (Å²) < 4.78 is 34.4. The maximum absolute atomic E-state index is 13.9. The van der Waals surface area contributed by atoms with E-state index in [0.29, 0.717) is 12.1 Å². The van der Waals surface area contributed by atoms with Gasteiger partial charge in [-0.15, -0.1) is 0 Å². The van der Waals surface area contributed by atoms with Crippen LogP contribution in [0.25, 0.3) is 0 Å². The van der Waals surface area contributed by atoms with Crippen molar-refractivity contribution in [2.75, 3.05) is 13.7 Å².